The van der Waals surface area contributed by atoms with Crippen LogP contribution in [0.4, 0.5) is 10.1 Å². The summed E-state index contributed by atoms with van der Waals surface area (Å²) in [4.78, 5) is 24.6. The summed E-state index contributed by atoms with van der Waals surface area (Å²) >= 11 is 1.90. The molecule has 0 saturated carbocycles. The fourth-order valence-electron chi connectivity index (χ4n) is 1.99. The number of amides is 2. The second kappa shape index (κ2) is 7.54. The predicted molar refractivity (Wildman–Crippen MR) is 96.1 cm³/mol. The van der Waals surface area contributed by atoms with Crippen molar-refractivity contribution in [1.82, 2.24) is 5.32 Å². The summed E-state index contributed by atoms with van der Waals surface area (Å²) in [5, 5.41) is 5.50. The Labute approximate surface area is 147 Å². The zero-order chi connectivity index (χ0) is 17.0. The van der Waals surface area contributed by atoms with Gasteiger partial charge in [-0.25, -0.2) is 4.39 Å². The topological polar surface area (TPSA) is 58.2 Å². The molecule has 23 heavy (non-hydrogen) atoms. The first kappa shape index (κ1) is 17.4. The van der Waals surface area contributed by atoms with E-state index in [1.807, 2.05) is 36.4 Å². The molecule has 0 unspecified atom stereocenters. The van der Waals surface area contributed by atoms with Crippen molar-refractivity contribution in [1.29, 1.82) is 0 Å². The minimum atomic E-state index is -0.400. The van der Waals surface area contributed by atoms with Gasteiger partial charge in [-0.15, -0.1) is 0 Å². The van der Waals surface area contributed by atoms with Crippen LogP contribution in [0.1, 0.15) is 34.6 Å². The molecule has 4 nitrogen and oxygen atoms in total. The molecule has 2 amide bonds. The summed E-state index contributed by atoms with van der Waals surface area (Å²) < 4.78 is 13.6. The Kier molecular flexibility index (Phi) is 5.70. The van der Waals surface area contributed by atoms with E-state index in [1.54, 1.807) is 24.3 Å². The second-order valence-electron chi connectivity index (χ2n) is 5.25. The van der Waals surface area contributed by atoms with Crippen molar-refractivity contribution < 1.29 is 14.0 Å². The number of anilines is 1. The first-order chi connectivity index (χ1) is 10.9. The highest BCUT2D eigenvalue weighted by Crippen LogP contribution is 2.19. The molecule has 0 aromatic heterocycles. The summed E-state index contributed by atoms with van der Waals surface area (Å²) in [6, 6.07) is 10.7. The van der Waals surface area contributed by atoms with E-state index in [4.69, 9.17) is 0 Å². The number of para-hydroxylation sites is 1. The fraction of sp³-hybridized carbons (Fsp3) is 0.176. The number of hydrogen-bond acceptors (Lipinski definition) is 2. The summed E-state index contributed by atoms with van der Waals surface area (Å²) in [5.74, 6) is -1.05. The van der Waals surface area contributed by atoms with Crippen molar-refractivity contribution in [2.24, 2.45) is 0 Å². The lowest BCUT2D eigenvalue weighted by Gasteiger charge is -2.13. The van der Waals surface area contributed by atoms with Gasteiger partial charge in [0, 0.05) is 9.61 Å². The van der Waals surface area contributed by atoms with E-state index in [-0.39, 0.29) is 17.9 Å². The molecule has 0 aliphatic rings. The molecule has 0 saturated heterocycles. The van der Waals surface area contributed by atoms with E-state index in [0.717, 1.165) is 0 Å². The second-order valence-corrected chi connectivity index (χ2v) is 6.41. The van der Waals surface area contributed by atoms with Crippen LogP contribution < -0.4 is 10.6 Å². The van der Waals surface area contributed by atoms with E-state index >= 15 is 0 Å². The van der Waals surface area contributed by atoms with E-state index in [9.17, 15) is 14.0 Å². The molecule has 0 spiro atoms. The van der Waals surface area contributed by atoms with Gasteiger partial charge in [0.1, 0.15) is 5.82 Å². The highest BCUT2D eigenvalue weighted by Gasteiger charge is 2.16. The summed E-state index contributed by atoms with van der Waals surface area (Å²) in [6.45, 7) is 3.72. The van der Waals surface area contributed by atoms with E-state index in [0.29, 0.717) is 20.4 Å². The van der Waals surface area contributed by atoms with E-state index in [2.05, 4.69) is 10.6 Å². The van der Waals surface area contributed by atoms with Gasteiger partial charge >= 0.3 is 0 Å². The maximum Gasteiger partial charge on any atom is 0.256 e. The van der Waals surface area contributed by atoms with E-state index in [1.165, 1.54) is 18.2 Å². The third-order valence-corrected chi connectivity index (χ3v) is 3.91. The first-order valence-electron chi connectivity index (χ1n) is 7.04. The molecule has 2 aromatic rings. The largest absolute Gasteiger partial charge is 0.350 e. The number of carbonyl (C=O) groups is 2. The smallest absolute Gasteiger partial charge is 0.256 e. The highest BCUT2D eigenvalue weighted by atomic mass is 127. The molecule has 0 bridgehead atoms. The van der Waals surface area contributed by atoms with E-state index < -0.39 is 5.82 Å². The van der Waals surface area contributed by atoms with Crippen molar-refractivity contribution >= 4 is 40.1 Å². The summed E-state index contributed by atoms with van der Waals surface area (Å²) in [6.07, 6.45) is 0. The maximum atomic E-state index is 13.1. The Hall–Kier alpha value is -1.96. The lowest BCUT2D eigenvalue weighted by Crippen LogP contribution is -2.31. The van der Waals surface area contributed by atoms with Gasteiger partial charge in [0.25, 0.3) is 11.8 Å². The molecular weight excluding hydrogens is 410 g/mol. The van der Waals surface area contributed by atoms with Gasteiger partial charge in [-0.1, -0.05) is 12.1 Å². The molecular formula is C17H16FIN2O2. The van der Waals surface area contributed by atoms with Crippen LogP contribution in [0.25, 0.3) is 0 Å². The molecule has 120 valence electrons. The molecule has 2 N–H and O–H groups in total. The van der Waals surface area contributed by atoms with Gasteiger partial charge in [0.2, 0.25) is 0 Å². The Bertz CT molecular complexity index is 747. The summed E-state index contributed by atoms with van der Waals surface area (Å²) in [5.41, 5.74) is 1.15. The van der Waals surface area contributed by atoms with Crippen LogP contribution >= 0.6 is 22.6 Å². The lowest BCUT2D eigenvalue weighted by atomic mass is 10.1. The molecule has 0 fully saturated rings. The predicted octanol–water partition coefficient (Wildman–Crippen LogP) is 3.82. The lowest BCUT2D eigenvalue weighted by molar-refractivity contribution is 0.0944. The number of nitrogens with one attached hydrogen (secondary N) is 2. The molecule has 0 heterocycles. The molecule has 2 aromatic carbocycles. The third-order valence-electron chi connectivity index (χ3n) is 3.02. The summed E-state index contributed by atoms with van der Waals surface area (Å²) in [7, 11) is 0. The fourth-order valence-corrected chi connectivity index (χ4v) is 2.72. The molecule has 6 heteroatoms. The average molecular weight is 426 g/mol. The Balaban J connectivity index is 2.26. The van der Waals surface area contributed by atoms with Gasteiger partial charge in [-0.2, -0.15) is 0 Å². The average Bonchev–Trinajstić information content (AvgIpc) is 2.46. The van der Waals surface area contributed by atoms with Crippen LogP contribution in [-0.4, -0.2) is 17.9 Å². The molecule has 2 rings (SSSR count). The number of rotatable bonds is 4. The third kappa shape index (κ3) is 4.51. The zero-order valence-corrected chi connectivity index (χ0v) is 14.8. The van der Waals surface area contributed by atoms with Gasteiger partial charge in [0.05, 0.1) is 16.8 Å². The minimum Gasteiger partial charge on any atom is -0.350 e. The number of hydrogen-bond donors (Lipinski definition) is 2. The van der Waals surface area contributed by atoms with Crippen molar-refractivity contribution in [3.8, 4) is 0 Å². The van der Waals surface area contributed by atoms with Crippen LogP contribution in [0.2, 0.25) is 0 Å². The number of benzene rings is 2. The van der Waals surface area contributed by atoms with Crippen LogP contribution in [0.3, 0.4) is 0 Å². The van der Waals surface area contributed by atoms with Gasteiger partial charge in [-0.3, -0.25) is 9.59 Å². The van der Waals surface area contributed by atoms with Gasteiger partial charge < -0.3 is 10.6 Å². The molecule has 0 aliphatic heterocycles. The molecule has 0 radical (unpaired) electrons. The highest BCUT2D eigenvalue weighted by molar-refractivity contribution is 14.1. The number of carbonyl (C=O) groups excluding carboxylic acids is 2. The van der Waals surface area contributed by atoms with Gasteiger partial charge in [-0.05, 0) is 66.8 Å². The normalized spacial score (nSPS) is 10.5. The van der Waals surface area contributed by atoms with Crippen molar-refractivity contribution in [2.75, 3.05) is 5.32 Å². The van der Waals surface area contributed by atoms with Crippen molar-refractivity contribution in [3.63, 3.8) is 0 Å². The standard InChI is InChI=1S/C17H16FIN2O2/c1-10(2)20-17(23)13-5-3-4-6-15(13)21-16(22)12-8-7-11(18)9-14(12)19/h3-10H,1-2H3,(H,20,23)(H,21,22). The SMILES string of the molecule is CC(C)NC(=O)c1ccccc1NC(=O)c1ccc(F)cc1I. The monoisotopic (exact) mass is 426 g/mol. The van der Waals surface area contributed by atoms with Crippen LogP contribution in [0.15, 0.2) is 42.5 Å². The quantitative estimate of drug-likeness (QED) is 0.731. The molecule has 0 aliphatic carbocycles. The van der Waals surface area contributed by atoms with Crippen LogP contribution in [0, 0.1) is 9.39 Å². The Morgan fingerprint density at radius 3 is 2.39 bits per heavy atom. The first-order valence-corrected chi connectivity index (χ1v) is 8.12. The van der Waals surface area contributed by atoms with Crippen molar-refractivity contribution in [3.05, 3.63) is 63.0 Å². The van der Waals surface area contributed by atoms with Crippen molar-refractivity contribution in [2.45, 2.75) is 19.9 Å². The molecule has 0 atom stereocenters. The minimum absolute atomic E-state index is 0.00990. The Morgan fingerprint density at radius 1 is 1.04 bits per heavy atom. The Morgan fingerprint density at radius 2 is 1.74 bits per heavy atom. The number of halogens is 2. The van der Waals surface area contributed by atoms with Crippen LogP contribution in [-0.2, 0) is 0 Å². The zero-order valence-electron chi connectivity index (χ0n) is 12.7. The maximum absolute atomic E-state index is 13.1. The van der Waals surface area contributed by atoms with Gasteiger partial charge in [0.15, 0.2) is 0 Å². The van der Waals surface area contributed by atoms with Crippen LogP contribution in [0.5, 0.6) is 0 Å².